The highest BCUT2D eigenvalue weighted by Gasteiger charge is 2.30. The molecule has 0 aliphatic carbocycles. The summed E-state index contributed by atoms with van der Waals surface area (Å²) in [6, 6.07) is 17.5. The zero-order valence-electron chi connectivity index (χ0n) is 35.5. The monoisotopic (exact) mass is 849 g/mol. The second kappa shape index (κ2) is 19.2. The average molecular weight is 850 g/mol. The first-order valence-electron chi connectivity index (χ1n) is 21.3. The Bertz CT molecular complexity index is 2260. The number of carbonyl (C=O) groups excluding carboxylic acids is 4. The number of nitrogens with zero attached hydrogens (tertiary/aromatic N) is 9. The fourth-order valence-corrected chi connectivity index (χ4v) is 9.03. The van der Waals surface area contributed by atoms with E-state index in [0.29, 0.717) is 73.4 Å². The van der Waals surface area contributed by atoms with Gasteiger partial charge < -0.3 is 34.4 Å². The highest BCUT2D eigenvalue weighted by atomic mass is 35.5. The van der Waals surface area contributed by atoms with Crippen LogP contribution in [0.4, 0.5) is 27.7 Å². The molecule has 2 aromatic heterocycles. The number of amides is 5. The number of hydrogen-bond donors (Lipinski definition) is 2. The van der Waals surface area contributed by atoms with Gasteiger partial charge in [0.05, 0.1) is 28.0 Å². The topological polar surface area (TPSA) is 153 Å². The molecule has 4 aromatic rings. The average Bonchev–Trinajstić information content (AvgIpc) is 3.70. The van der Waals surface area contributed by atoms with E-state index < -0.39 is 0 Å². The van der Waals surface area contributed by atoms with Gasteiger partial charge in [0, 0.05) is 126 Å². The third kappa shape index (κ3) is 10.0. The molecule has 1 unspecified atom stereocenters. The molecule has 2 aromatic carbocycles. The van der Waals surface area contributed by atoms with Crippen molar-refractivity contribution in [2.24, 2.45) is 5.92 Å². The van der Waals surface area contributed by atoms with Gasteiger partial charge in [-0.25, -0.2) is 9.78 Å². The second-order valence-corrected chi connectivity index (χ2v) is 17.1. The van der Waals surface area contributed by atoms with Crippen molar-refractivity contribution in [3.8, 4) is 6.07 Å². The van der Waals surface area contributed by atoms with Gasteiger partial charge in [-0.15, -0.1) is 0 Å². The van der Waals surface area contributed by atoms with Gasteiger partial charge in [0.25, 0.3) is 5.91 Å². The van der Waals surface area contributed by atoms with Crippen LogP contribution in [0.15, 0.2) is 60.9 Å². The van der Waals surface area contributed by atoms with Gasteiger partial charge >= 0.3 is 6.03 Å². The van der Waals surface area contributed by atoms with Crippen LogP contribution in [0, 0.1) is 17.2 Å². The molecule has 1 atom stereocenters. The third-order valence-corrected chi connectivity index (χ3v) is 12.7. The predicted molar refractivity (Wildman–Crippen MR) is 240 cm³/mol. The molecule has 0 saturated carbocycles. The first-order valence-corrected chi connectivity index (χ1v) is 21.6. The van der Waals surface area contributed by atoms with E-state index in [1.807, 2.05) is 71.3 Å². The van der Waals surface area contributed by atoms with Crippen molar-refractivity contribution >= 4 is 69.6 Å². The maximum Gasteiger partial charge on any atom is 0.322 e. The Kier molecular flexibility index (Phi) is 13.6. The first kappa shape index (κ1) is 43.2. The normalized spacial score (nSPS) is 17.7. The molecule has 15 nitrogen and oxygen atoms in total. The molecule has 3 fully saturated rings. The highest BCUT2D eigenvalue weighted by molar-refractivity contribution is 6.32. The maximum atomic E-state index is 14.0. The van der Waals surface area contributed by atoms with Gasteiger partial charge in [-0.05, 0) is 88.1 Å². The Morgan fingerprint density at radius 3 is 2.41 bits per heavy atom. The number of nitriles is 1. The number of imide groups is 1. The van der Waals surface area contributed by atoms with E-state index in [1.165, 1.54) is 0 Å². The standard InChI is InChI=1S/C45H56ClN11O4/c1-31(2)56-16-11-38-40(51(4)13-12-43(59)49-30-58)23-35(24-41(38)56)44(60)54-19-17-52(18-20-54)29-33-9-14-53(15-10-33)42-8-6-36(27-48-42)50-45(61)57-22-21-55(28-32(57)3)37-7-5-34(26-47)39(46)25-37/h5-8,11,16,23-25,27,30-33H,9-10,12-15,17-22,28-29H2,1-4H3,(H,50,61)(H,49,58,59). The number of hydrogen-bond acceptors (Lipinski definition) is 10. The molecule has 322 valence electrons. The number of halogens is 1. The van der Waals surface area contributed by atoms with E-state index in [2.05, 4.69) is 55.9 Å². The van der Waals surface area contributed by atoms with Gasteiger partial charge in [-0.2, -0.15) is 5.26 Å². The molecule has 61 heavy (non-hydrogen) atoms. The Morgan fingerprint density at radius 2 is 1.75 bits per heavy atom. The minimum absolute atomic E-state index is 0.0115. The van der Waals surface area contributed by atoms with Gasteiger partial charge in [0.2, 0.25) is 12.3 Å². The lowest BCUT2D eigenvalue weighted by molar-refractivity contribution is -0.125. The molecule has 3 aliphatic heterocycles. The van der Waals surface area contributed by atoms with Crippen LogP contribution in [0.1, 0.15) is 62.0 Å². The van der Waals surface area contributed by atoms with Gasteiger partial charge in [0.1, 0.15) is 11.9 Å². The molecular weight excluding hydrogens is 794 g/mol. The Morgan fingerprint density at radius 1 is 0.984 bits per heavy atom. The summed E-state index contributed by atoms with van der Waals surface area (Å²) in [4.78, 5) is 67.5. The molecule has 7 rings (SSSR count). The Hall–Kier alpha value is -5.85. The summed E-state index contributed by atoms with van der Waals surface area (Å²) in [7, 11) is 1.91. The van der Waals surface area contributed by atoms with Crippen LogP contribution in [0.25, 0.3) is 10.9 Å². The van der Waals surface area contributed by atoms with Crippen LogP contribution in [-0.2, 0) is 9.59 Å². The Labute approximate surface area is 362 Å². The van der Waals surface area contributed by atoms with Crippen LogP contribution in [0.5, 0.6) is 0 Å². The zero-order valence-corrected chi connectivity index (χ0v) is 36.3. The van der Waals surface area contributed by atoms with Crippen molar-refractivity contribution in [3.05, 3.63) is 77.1 Å². The number of rotatable bonds is 12. The number of nitrogens with one attached hydrogen (secondary N) is 2. The van der Waals surface area contributed by atoms with Gasteiger partial charge in [-0.1, -0.05) is 11.6 Å². The maximum absolute atomic E-state index is 14.0. The van der Waals surface area contributed by atoms with Crippen LogP contribution >= 0.6 is 11.6 Å². The van der Waals surface area contributed by atoms with Crippen LogP contribution in [0.2, 0.25) is 5.02 Å². The first-order chi connectivity index (χ1) is 29.4. The van der Waals surface area contributed by atoms with Gasteiger partial charge in [-0.3, -0.25) is 24.6 Å². The fraction of sp³-hybridized carbons (Fsp3) is 0.467. The lowest BCUT2D eigenvalue weighted by atomic mass is 9.96. The van der Waals surface area contributed by atoms with Crippen LogP contribution in [0.3, 0.4) is 0 Å². The van der Waals surface area contributed by atoms with Crippen LogP contribution in [-0.4, -0.2) is 134 Å². The number of piperidine rings is 1. The quantitative estimate of drug-likeness (QED) is 0.171. The highest BCUT2D eigenvalue weighted by Crippen LogP contribution is 2.32. The number of aromatic nitrogens is 2. The molecule has 3 saturated heterocycles. The molecule has 5 heterocycles. The van der Waals surface area contributed by atoms with Crippen LogP contribution < -0.4 is 25.3 Å². The molecule has 2 N–H and O–H groups in total. The minimum Gasteiger partial charge on any atom is -0.374 e. The number of anilines is 4. The lowest BCUT2D eigenvalue weighted by Gasteiger charge is -2.41. The molecule has 0 spiro atoms. The number of urea groups is 1. The number of carbonyl (C=O) groups is 4. The van der Waals surface area contributed by atoms with Crippen molar-refractivity contribution in [1.82, 2.24) is 29.6 Å². The summed E-state index contributed by atoms with van der Waals surface area (Å²) in [5.41, 5.74) is 4.54. The van der Waals surface area contributed by atoms with Crippen molar-refractivity contribution in [1.29, 1.82) is 5.26 Å². The molecule has 3 aliphatic rings. The molecule has 16 heteroatoms. The van der Waals surface area contributed by atoms with Crippen molar-refractivity contribution in [3.63, 3.8) is 0 Å². The summed E-state index contributed by atoms with van der Waals surface area (Å²) in [6.45, 7) is 14.3. The summed E-state index contributed by atoms with van der Waals surface area (Å²) in [5.74, 6) is 1.14. The fourth-order valence-electron chi connectivity index (χ4n) is 8.81. The number of fused-ring (bicyclic) bond motifs is 1. The van der Waals surface area contributed by atoms with E-state index >= 15 is 0 Å². The molecule has 0 radical (unpaired) electrons. The second-order valence-electron chi connectivity index (χ2n) is 16.7. The Balaban J connectivity index is 0.865. The summed E-state index contributed by atoms with van der Waals surface area (Å²) in [5, 5.41) is 15.9. The number of pyridine rings is 1. The summed E-state index contributed by atoms with van der Waals surface area (Å²) in [6.07, 6.45) is 6.45. The van der Waals surface area contributed by atoms with Crippen molar-refractivity contribution in [2.45, 2.75) is 52.1 Å². The largest absolute Gasteiger partial charge is 0.374 e. The lowest BCUT2D eigenvalue weighted by Crippen LogP contribution is -2.55. The summed E-state index contributed by atoms with van der Waals surface area (Å²) < 4.78 is 2.17. The summed E-state index contributed by atoms with van der Waals surface area (Å²) >= 11 is 6.27. The smallest absolute Gasteiger partial charge is 0.322 e. The molecule has 0 bridgehead atoms. The van der Waals surface area contributed by atoms with Gasteiger partial charge in [0.15, 0.2) is 0 Å². The third-order valence-electron chi connectivity index (χ3n) is 12.4. The molecular formula is C45H56ClN11O4. The molecule has 5 amide bonds. The van der Waals surface area contributed by atoms with E-state index in [9.17, 15) is 24.4 Å². The van der Waals surface area contributed by atoms with E-state index in [-0.39, 0.29) is 36.3 Å². The van der Waals surface area contributed by atoms with Crippen molar-refractivity contribution < 1.29 is 19.2 Å². The predicted octanol–water partition coefficient (Wildman–Crippen LogP) is 5.66. The van der Waals surface area contributed by atoms with Crippen molar-refractivity contribution in [2.75, 3.05) is 99.1 Å². The van der Waals surface area contributed by atoms with E-state index in [4.69, 9.17) is 16.6 Å². The number of piperazine rings is 2. The number of benzene rings is 2. The van der Waals surface area contributed by atoms with E-state index in [1.54, 1.807) is 12.3 Å². The van der Waals surface area contributed by atoms with E-state index in [0.717, 1.165) is 73.7 Å². The minimum atomic E-state index is -0.341. The SMILES string of the molecule is CC1CN(c2ccc(C#N)c(Cl)c2)CCN1C(=O)Nc1ccc(N2CCC(CN3CCN(C(=O)c4cc(N(C)CCC(=O)NC=O)c5ccn(C(C)C)c5c4)CC3)CC2)nc1. The zero-order chi connectivity index (χ0) is 43.2.